The lowest BCUT2D eigenvalue weighted by atomic mass is 10.2. The van der Waals surface area contributed by atoms with Crippen LogP contribution in [-0.4, -0.2) is 39.5 Å². The van der Waals surface area contributed by atoms with Crippen molar-refractivity contribution in [3.05, 3.63) is 30.1 Å². The van der Waals surface area contributed by atoms with E-state index < -0.39 is 12.0 Å². The van der Waals surface area contributed by atoms with Crippen molar-refractivity contribution in [2.24, 2.45) is 0 Å². The molecule has 1 atom stereocenters. The van der Waals surface area contributed by atoms with Crippen molar-refractivity contribution >= 4 is 11.9 Å². The second kappa shape index (κ2) is 4.95. The predicted octanol–water partition coefficient (Wildman–Crippen LogP) is 0.700. The number of likely N-dealkylation sites (tertiary alicyclic amines) is 1. The number of amides is 1. The molecule has 5 nitrogen and oxygen atoms in total. The van der Waals surface area contributed by atoms with Gasteiger partial charge in [-0.25, -0.2) is 4.79 Å². The number of carboxylic acids is 1. The number of aromatic nitrogens is 1. The summed E-state index contributed by atoms with van der Waals surface area (Å²) in [6, 6.07) is 4.70. The number of carbonyl (C=O) groups is 2. The smallest absolute Gasteiger partial charge is 0.326 e. The quantitative estimate of drug-likeness (QED) is 0.835. The molecular formula is C12H14N2O3. The van der Waals surface area contributed by atoms with Gasteiger partial charge < -0.3 is 10.0 Å². The maximum Gasteiger partial charge on any atom is 0.326 e. The number of carboxylic acid groups (broad SMARTS) is 1. The maximum absolute atomic E-state index is 12.0. The zero-order valence-corrected chi connectivity index (χ0v) is 9.37. The number of pyridine rings is 1. The van der Waals surface area contributed by atoms with E-state index in [9.17, 15) is 9.59 Å². The minimum Gasteiger partial charge on any atom is -0.480 e. The first kappa shape index (κ1) is 11.6. The molecule has 1 fully saturated rings. The summed E-state index contributed by atoms with van der Waals surface area (Å²) in [7, 11) is 0. The second-order valence-electron chi connectivity index (χ2n) is 4.08. The number of aliphatic carboxylic acids is 1. The molecular weight excluding hydrogens is 220 g/mol. The van der Waals surface area contributed by atoms with Gasteiger partial charge in [0.15, 0.2) is 0 Å². The molecule has 1 aromatic heterocycles. The van der Waals surface area contributed by atoms with E-state index in [0.717, 1.165) is 6.42 Å². The Kier molecular flexibility index (Phi) is 3.37. The highest BCUT2D eigenvalue weighted by Crippen LogP contribution is 2.18. The van der Waals surface area contributed by atoms with Gasteiger partial charge >= 0.3 is 5.97 Å². The fourth-order valence-electron chi connectivity index (χ4n) is 2.08. The van der Waals surface area contributed by atoms with Crippen LogP contribution in [0.25, 0.3) is 0 Å². The topological polar surface area (TPSA) is 70.5 Å². The van der Waals surface area contributed by atoms with Crippen molar-refractivity contribution in [3.63, 3.8) is 0 Å². The Labute approximate surface area is 99.1 Å². The highest BCUT2D eigenvalue weighted by atomic mass is 16.4. The average molecular weight is 234 g/mol. The van der Waals surface area contributed by atoms with Crippen LogP contribution in [0.15, 0.2) is 24.4 Å². The van der Waals surface area contributed by atoms with Gasteiger partial charge in [-0.05, 0) is 25.0 Å². The van der Waals surface area contributed by atoms with E-state index in [2.05, 4.69) is 4.98 Å². The van der Waals surface area contributed by atoms with E-state index in [1.54, 1.807) is 18.3 Å². The monoisotopic (exact) mass is 234 g/mol. The fourth-order valence-corrected chi connectivity index (χ4v) is 2.08. The molecule has 1 aliphatic rings. The Balaban J connectivity index is 2.03. The molecule has 5 heteroatoms. The fraction of sp³-hybridized carbons (Fsp3) is 0.417. The van der Waals surface area contributed by atoms with E-state index >= 15 is 0 Å². The van der Waals surface area contributed by atoms with E-state index in [1.165, 1.54) is 4.90 Å². The third-order valence-corrected chi connectivity index (χ3v) is 2.92. The first-order valence-electron chi connectivity index (χ1n) is 5.60. The van der Waals surface area contributed by atoms with Crippen LogP contribution >= 0.6 is 0 Å². The molecule has 2 rings (SSSR count). The third kappa shape index (κ3) is 2.61. The number of rotatable bonds is 3. The molecule has 17 heavy (non-hydrogen) atoms. The largest absolute Gasteiger partial charge is 0.480 e. The summed E-state index contributed by atoms with van der Waals surface area (Å²) in [6.07, 6.45) is 3.10. The molecule has 0 aromatic carbocycles. The molecule has 1 aliphatic heterocycles. The van der Waals surface area contributed by atoms with Crippen molar-refractivity contribution in [1.29, 1.82) is 0 Å². The van der Waals surface area contributed by atoms with Crippen LogP contribution in [0.4, 0.5) is 0 Å². The Morgan fingerprint density at radius 3 is 2.94 bits per heavy atom. The molecule has 0 unspecified atom stereocenters. The molecule has 0 aliphatic carbocycles. The zero-order valence-electron chi connectivity index (χ0n) is 9.37. The van der Waals surface area contributed by atoms with Crippen molar-refractivity contribution in [1.82, 2.24) is 9.88 Å². The lowest BCUT2D eigenvalue weighted by Crippen LogP contribution is -2.41. The van der Waals surface area contributed by atoms with Crippen LogP contribution in [-0.2, 0) is 16.0 Å². The molecule has 1 saturated heterocycles. The summed E-state index contributed by atoms with van der Waals surface area (Å²) < 4.78 is 0. The van der Waals surface area contributed by atoms with Crippen LogP contribution in [0.5, 0.6) is 0 Å². The van der Waals surface area contributed by atoms with Crippen molar-refractivity contribution in [2.75, 3.05) is 6.54 Å². The Morgan fingerprint density at radius 1 is 1.47 bits per heavy atom. The average Bonchev–Trinajstić information content (AvgIpc) is 2.79. The van der Waals surface area contributed by atoms with Gasteiger partial charge in [0.2, 0.25) is 5.91 Å². The van der Waals surface area contributed by atoms with Gasteiger partial charge in [-0.1, -0.05) is 6.07 Å². The molecule has 0 radical (unpaired) electrons. The SMILES string of the molecule is O=C(O)[C@@H]1CCCN1C(=O)Cc1ccccn1. The normalized spacial score (nSPS) is 19.3. The van der Waals surface area contributed by atoms with Crippen LogP contribution in [0.2, 0.25) is 0 Å². The summed E-state index contributed by atoms with van der Waals surface area (Å²) in [6.45, 7) is 0.530. The number of hydrogen-bond acceptors (Lipinski definition) is 3. The van der Waals surface area contributed by atoms with E-state index in [4.69, 9.17) is 5.11 Å². The van der Waals surface area contributed by atoms with Crippen molar-refractivity contribution in [3.8, 4) is 0 Å². The summed E-state index contributed by atoms with van der Waals surface area (Å²) in [4.78, 5) is 28.4. The van der Waals surface area contributed by atoms with Crippen LogP contribution in [0.1, 0.15) is 18.5 Å². The van der Waals surface area contributed by atoms with Crippen molar-refractivity contribution in [2.45, 2.75) is 25.3 Å². The molecule has 1 amide bonds. The van der Waals surface area contributed by atoms with Crippen LogP contribution < -0.4 is 0 Å². The summed E-state index contributed by atoms with van der Waals surface area (Å²) >= 11 is 0. The Hall–Kier alpha value is -1.91. The minimum atomic E-state index is -0.920. The molecule has 0 spiro atoms. The summed E-state index contributed by atoms with van der Waals surface area (Å²) in [5, 5.41) is 8.99. The zero-order chi connectivity index (χ0) is 12.3. The van der Waals surface area contributed by atoms with Gasteiger partial charge in [-0.15, -0.1) is 0 Å². The summed E-state index contributed by atoms with van der Waals surface area (Å²) in [5.41, 5.74) is 0.675. The third-order valence-electron chi connectivity index (χ3n) is 2.92. The number of hydrogen-bond donors (Lipinski definition) is 1. The van der Waals surface area contributed by atoms with Gasteiger partial charge in [0, 0.05) is 18.4 Å². The predicted molar refractivity (Wildman–Crippen MR) is 60.3 cm³/mol. The lowest BCUT2D eigenvalue weighted by Gasteiger charge is -2.21. The van der Waals surface area contributed by atoms with Crippen molar-refractivity contribution < 1.29 is 14.7 Å². The summed E-state index contributed by atoms with van der Waals surface area (Å²) in [5.74, 6) is -1.08. The molecule has 2 heterocycles. The second-order valence-corrected chi connectivity index (χ2v) is 4.08. The lowest BCUT2D eigenvalue weighted by molar-refractivity contribution is -0.148. The first-order chi connectivity index (χ1) is 8.18. The molecule has 0 bridgehead atoms. The van der Waals surface area contributed by atoms with Gasteiger partial charge in [0.05, 0.1) is 6.42 Å². The van der Waals surface area contributed by atoms with Gasteiger partial charge in [-0.2, -0.15) is 0 Å². The number of carbonyl (C=O) groups excluding carboxylic acids is 1. The first-order valence-corrected chi connectivity index (χ1v) is 5.60. The van der Waals surface area contributed by atoms with E-state index in [1.807, 2.05) is 6.07 Å². The highest BCUT2D eigenvalue weighted by molar-refractivity contribution is 5.85. The molecule has 1 N–H and O–H groups in total. The standard InChI is InChI=1S/C12H14N2O3/c15-11(8-9-4-1-2-6-13-9)14-7-3-5-10(14)12(16)17/h1-2,4,6,10H,3,5,7-8H2,(H,16,17)/t10-/m0/s1. The van der Waals surface area contributed by atoms with Gasteiger partial charge in [-0.3, -0.25) is 9.78 Å². The highest BCUT2D eigenvalue weighted by Gasteiger charge is 2.33. The van der Waals surface area contributed by atoms with Gasteiger partial charge in [0.1, 0.15) is 6.04 Å². The molecule has 0 saturated carbocycles. The van der Waals surface area contributed by atoms with Gasteiger partial charge in [0.25, 0.3) is 0 Å². The van der Waals surface area contributed by atoms with E-state index in [0.29, 0.717) is 18.7 Å². The van der Waals surface area contributed by atoms with Crippen LogP contribution in [0.3, 0.4) is 0 Å². The number of nitrogens with zero attached hydrogens (tertiary/aromatic N) is 2. The molecule has 90 valence electrons. The Morgan fingerprint density at radius 2 is 2.29 bits per heavy atom. The Bertz CT molecular complexity index is 419. The van der Waals surface area contributed by atoms with E-state index in [-0.39, 0.29) is 12.3 Å². The van der Waals surface area contributed by atoms with Crippen LogP contribution in [0, 0.1) is 0 Å². The molecule has 1 aromatic rings. The maximum atomic E-state index is 12.0. The minimum absolute atomic E-state index is 0.159.